The standard InChI is InChI=1S/C13H15N3O2S/c1-2-14-11(17)8-10-12(18)16-13(19-10)15-9-6-4-3-5-7-9/h3-7,10H,2,8H2,1H3,(H,14,17)(H,15,16,18)/t10-/m0/s1. The number of nitrogens with zero attached hydrogens (tertiary/aromatic N) is 1. The molecule has 0 aliphatic carbocycles. The van der Waals surface area contributed by atoms with Gasteiger partial charge in [-0.3, -0.25) is 9.59 Å². The molecule has 5 nitrogen and oxygen atoms in total. The summed E-state index contributed by atoms with van der Waals surface area (Å²) in [7, 11) is 0. The number of rotatable bonds is 4. The van der Waals surface area contributed by atoms with Gasteiger partial charge in [-0.25, -0.2) is 4.99 Å². The zero-order valence-corrected chi connectivity index (χ0v) is 11.4. The average molecular weight is 277 g/mol. The molecular formula is C13H15N3O2S. The van der Waals surface area contributed by atoms with Crippen molar-refractivity contribution in [2.75, 3.05) is 6.54 Å². The van der Waals surface area contributed by atoms with E-state index in [4.69, 9.17) is 0 Å². The highest BCUT2D eigenvalue weighted by Crippen LogP contribution is 2.24. The van der Waals surface area contributed by atoms with Gasteiger partial charge >= 0.3 is 0 Å². The summed E-state index contributed by atoms with van der Waals surface area (Å²) in [5, 5.41) is 5.53. The Morgan fingerprint density at radius 3 is 2.84 bits per heavy atom. The number of amides is 2. The van der Waals surface area contributed by atoms with Crippen LogP contribution in [0.3, 0.4) is 0 Å². The fourth-order valence-corrected chi connectivity index (χ4v) is 2.64. The molecule has 2 amide bonds. The largest absolute Gasteiger partial charge is 0.356 e. The second-order valence-electron chi connectivity index (χ2n) is 4.01. The van der Waals surface area contributed by atoms with Gasteiger partial charge < -0.3 is 10.6 Å². The number of hydrogen-bond acceptors (Lipinski definition) is 4. The summed E-state index contributed by atoms with van der Waals surface area (Å²) in [5.41, 5.74) is 0.781. The number of aliphatic imine (C=N–C) groups is 1. The van der Waals surface area contributed by atoms with Gasteiger partial charge in [-0.1, -0.05) is 30.0 Å². The molecule has 2 rings (SSSR count). The molecule has 1 atom stereocenters. The molecule has 0 radical (unpaired) electrons. The molecule has 0 saturated carbocycles. The number of hydrogen-bond donors (Lipinski definition) is 2. The highest BCUT2D eigenvalue weighted by Gasteiger charge is 2.31. The fourth-order valence-electron chi connectivity index (χ4n) is 1.65. The molecule has 1 heterocycles. The maximum atomic E-state index is 11.7. The van der Waals surface area contributed by atoms with Crippen LogP contribution in [0.15, 0.2) is 35.3 Å². The van der Waals surface area contributed by atoms with E-state index >= 15 is 0 Å². The molecule has 2 N–H and O–H groups in total. The van der Waals surface area contributed by atoms with Gasteiger partial charge in [0.25, 0.3) is 0 Å². The van der Waals surface area contributed by atoms with Crippen LogP contribution in [-0.4, -0.2) is 28.8 Å². The zero-order valence-electron chi connectivity index (χ0n) is 10.6. The Kier molecular flexibility index (Phi) is 4.57. The number of carbonyl (C=O) groups is 2. The Morgan fingerprint density at radius 2 is 2.16 bits per heavy atom. The summed E-state index contributed by atoms with van der Waals surface area (Å²) in [5.74, 6) is -0.276. The number of nitrogens with one attached hydrogen (secondary N) is 2. The molecule has 6 heteroatoms. The van der Waals surface area contributed by atoms with Gasteiger partial charge in [0.1, 0.15) is 5.25 Å². The van der Waals surface area contributed by atoms with Crippen molar-refractivity contribution in [2.45, 2.75) is 18.6 Å². The van der Waals surface area contributed by atoms with Crippen LogP contribution in [0.25, 0.3) is 0 Å². The van der Waals surface area contributed by atoms with Crippen molar-refractivity contribution in [2.24, 2.45) is 4.99 Å². The van der Waals surface area contributed by atoms with E-state index in [2.05, 4.69) is 15.6 Å². The van der Waals surface area contributed by atoms with E-state index in [-0.39, 0.29) is 18.2 Å². The molecule has 1 aliphatic heterocycles. The van der Waals surface area contributed by atoms with Gasteiger partial charge in [0, 0.05) is 13.0 Å². The average Bonchev–Trinajstić information content (AvgIpc) is 2.71. The second kappa shape index (κ2) is 6.38. The highest BCUT2D eigenvalue weighted by molar-refractivity contribution is 8.15. The van der Waals surface area contributed by atoms with Crippen LogP contribution >= 0.6 is 11.8 Å². The summed E-state index contributed by atoms with van der Waals surface area (Å²) in [6.45, 7) is 2.42. The third-order valence-electron chi connectivity index (χ3n) is 2.51. The summed E-state index contributed by atoms with van der Waals surface area (Å²) in [4.78, 5) is 27.5. The third-order valence-corrected chi connectivity index (χ3v) is 3.59. The Bertz CT molecular complexity index is 502. The highest BCUT2D eigenvalue weighted by atomic mass is 32.2. The lowest BCUT2D eigenvalue weighted by Gasteiger charge is -2.04. The van der Waals surface area contributed by atoms with Crippen molar-refractivity contribution < 1.29 is 9.59 Å². The van der Waals surface area contributed by atoms with Crippen molar-refractivity contribution in [3.8, 4) is 0 Å². The number of thioether (sulfide) groups is 1. The molecule has 1 saturated heterocycles. The van der Waals surface area contributed by atoms with E-state index in [0.717, 1.165) is 5.69 Å². The first-order valence-corrected chi connectivity index (χ1v) is 6.95. The molecule has 0 bridgehead atoms. The fraction of sp³-hybridized carbons (Fsp3) is 0.308. The molecule has 0 spiro atoms. The van der Waals surface area contributed by atoms with Crippen molar-refractivity contribution in [1.29, 1.82) is 0 Å². The number of para-hydroxylation sites is 1. The lowest BCUT2D eigenvalue weighted by Crippen LogP contribution is -2.31. The van der Waals surface area contributed by atoms with E-state index in [0.29, 0.717) is 11.7 Å². The number of carbonyl (C=O) groups excluding carboxylic acids is 2. The topological polar surface area (TPSA) is 70.6 Å². The van der Waals surface area contributed by atoms with Crippen molar-refractivity contribution in [3.05, 3.63) is 30.3 Å². The van der Waals surface area contributed by atoms with Crippen molar-refractivity contribution in [3.63, 3.8) is 0 Å². The van der Waals surface area contributed by atoms with E-state index in [1.807, 2.05) is 37.3 Å². The van der Waals surface area contributed by atoms with Gasteiger partial charge in [0.2, 0.25) is 11.8 Å². The molecule has 100 valence electrons. The molecule has 0 unspecified atom stereocenters. The second-order valence-corrected chi connectivity index (χ2v) is 5.20. The molecular weight excluding hydrogens is 262 g/mol. The summed E-state index contributed by atoms with van der Waals surface area (Å²) >= 11 is 1.30. The molecule has 1 aromatic carbocycles. The molecule has 1 fully saturated rings. The summed E-state index contributed by atoms with van der Waals surface area (Å²) < 4.78 is 0. The van der Waals surface area contributed by atoms with Crippen LogP contribution in [-0.2, 0) is 9.59 Å². The molecule has 19 heavy (non-hydrogen) atoms. The minimum atomic E-state index is -0.394. The molecule has 0 aromatic heterocycles. The van der Waals surface area contributed by atoms with Gasteiger partial charge in [-0.2, -0.15) is 0 Å². The Morgan fingerprint density at radius 1 is 1.42 bits per heavy atom. The van der Waals surface area contributed by atoms with Crippen LogP contribution in [0, 0.1) is 0 Å². The minimum Gasteiger partial charge on any atom is -0.356 e. The maximum Gasteiger partial charge on any atom is 0.240 e. The Hall–Kier alpha value is -1.82. The first kappa shape index (κ1) is 13.6. The lowest BCUT2D eigenvalue weighted by atomic mass is 10.2. The minimum absolute atomic E-state index is 0.115. The van der Waals surface area contributed by atoms with Crippen LogP contribution in [0.4, 0.5) is 5.69 Å². The van der Waals surface area contributed by atoms with Crippen LogP contribution in [0.2, 0.25) is 0 Å². The Labute approximate surface area is 115 Å². The third kappa shape index (κ3) is 3.82. The number of benzene rings is 1. The van der Waals surface area contributed by atoms with Gasteiger partial charge in [-0.15, -0.1) is 0 Å². The summed E-state index contributed by atoms with van der Waals surface area (Å²) in [6, 6.07) is 9.38. The smallest absolute Gasteiger partial charge is 0.240 e. The SMILES string of the molecule is CCNC(=O)C[C@@H]1SC(=Nc2ccccc2)NC1=O. The first-order valence-electron chi connectivity index (χ1n) is 6.07. The quantitative estimate of drug-likeness (QED) is 0.874. The monoisotopic (exact) mass is 277 g/mol. The van der Waals surface area contributed by atoms with E-state index in [9.17, 15) is 9.59 Å². The Balaban J connectivity index is 1.99. The predicted molar refractivity (Wildman–Crippen MR) is 76.4 cm³/mol. The molecule has 1 aromatic rings. The predicted octanol–water partition coefficient (Wildman–Crippen LogP) is 1.43. The number of amidine groups is 1. The van der Waals surface area contributed by atoms with E-state index in [1.54, 1.807) is 0 Å². The molecule has 1 aliphatic rings. The van der Waals surface area contributed by atoms with Gasteiger partial charge in [0.15, 0.2) is 5.17 Å². The van der Waals surface area contributed by atoms with Crippen LogP contribution < -0.4 is 10.6 Å². The lowest BCUT2D eigenvalue weighted by molar-refractivity contribution is -0.125. The normalized spacial score (nSPS) is 20.4. The van der Waals surface area contributed by atoms with Gasteiger partial charge in [0.05, 0.1) is 5.69 Å². The van der Waals surface area contributed by atoms with E-state index in [1.165, 1.54) is 11.8 Å². The van der Waals surface area contributed by atoms with Crippen LogP contribution in [0.1, 0.15) is 13.3 Å². The zero-order chi connectivity index (χ0) is 13.7. The van der Waals surface area contributed by atoms with Crippen molar-refractivity contribution in [1.82, 2.24) is 10.6 Å². The van der Waals surface area contributed by atoms with Crippen LogP contribution in [0.5, 0.6) is 0 Å². The maximum absolute atomic E-state index is 11.7. The van der Waals surface area contributed by atoms with E-state index < -0.39 is 5.25 Å². The first-order chi connectivity index (χ1) is 9.19. The van der Waals surface area contributed by atoms with Crippen molar-refractivity contribution >= 4 is 34.4 Å². The summed E-state index contributed by atoms with van der Waals surface area (Å²) in [6.07, 6.45) is 0.179. The van der Waals surface area contributed by atoms with Gasteiger partial charge in [-0.05, 0) is 19.1 Å².